The second-order valence-corrected chi connectivity index (χ2v) is 5.63. The van der Waals surface area contributed by atoms with Crippen molar-refractivity contribution in [2.45, 2.75) is 25.3 Å². The number of benzene rings is 1. The van der Waals surface area contributed by atoms with Crippen LogP contribution in [0.2, 0.25) is 0 Å². The second kappa shape index (κ2) is 4.24. The third-order valence-corrected chi connectivity index (χ3v) is 4.65. The van der Waals surface area contributed by atoms with Crippen molar-refractivity contribution in [3.05, 3.63) is 52.0 Å². The molecule has 0 aliphatic heterocycles. The fraction of sp³-hybridized carbons (Fsp3) is 0.357. The van der Waals surface area contributed by atoms with Crippen molar-refractivity contribution in [2.24, 2.45) is 11.7 Å². The highest BCUT2D eigenvalue weighted by Crippen LogP contribution is 2.53. The Kier molecular flexibility index (Phi) is 2.73. The molecule has 0 spiro atoms. The number of hydrogen-bond donors (Lipinski definition) is 1. The van der Waals surface area contributed by atoms with Crippen LogP contribution in [-0.2, 0) is 0 Å². The summed E-state index contributed by atoms with van der Waals surface area (Å²) in [6.45, 7) is 2.05. The van der Waals surface area contributed by atoms with Crippen molar-refractivity contribution in [1.29, 1.82) is 0 Å². The first-order valence-electron chi connectivity index (χ1n) is 5.98. The van der Waals surface area contributed by atoms with Gasteiger partial charge in [-0.15, -0.1) is 11.3 Å². The summed E-state index contributed by atoms with van der Waals surface area (Å²) >= 11 is 1.69. The van der Waals surface area contributed by atoms with Crippen molar-refractivity contribution >= 4 is 11.3 Å². The molecule has 88 valence electrons. The van der Waals surface area contributed by atoms with Crippen molar-refractivity contribution in [3.63, 3.8) is 0 Å². The van der Waals surface area contributed by atoms with Crippen LogP contribution in [0.1, 0.15) is 34.5 Å². The van der Waals surface area contributed by atoms with Gasteiger partial charge in [-0.05, 0) is 30.7 Å². The molecule has 3 rings (SSSR count). The Hall–Kier alpha value is -1.19. The highest BCUT2D eigenvalue weighted by molar-refractivity contribution is 7.09. The Labute approximate surface area is 106 Å². The largest absolute Gasteiger partial charge is 0.323 e. The van der Waals surface area contributed by atoms with E-state index in [4.69, 9.17) is 5.73 Å². The molecule has 0 bridgehead atoms. The van der Waals surface area contributed by atoms with E-state index >= 15 is 0 Å². The minimum atomic E-state index is 0.160. The van der Waals surface area contributed by atoms with Crippen LogP contribution in [0, 0.1) is 12.8 Å². The topological polar surface area (TPSA) is 38.9 Å². The summed E-state index contributed by atoms with van der Waals surface area (Å²) in [5.74, 6) is 1.24. The van der Waals surface area contributed by atoms with Crippen molar-refractivity contribution in [1.82, 2.24) is 4.98 Å². The predicted molar refractivity (Wildman–Crippen MR) is 71.1 cm³/mol. The van der Waals surface area contributed by atoms with Gasteiger partial charge in [0, 0.05) is 10.9 Å². The summed E-state index contributed by atoms with van der Waals surface area (Å²) in [7, 11) is 0. The van der Waals surface area contributed by atoms with Gasteiger partial charge in [0.2, 0.25) is 0 Å². The van der Waals surface area contributed by atoms with Crippen LogP contribution in [0.3, 0.4) is 0 Å². The quantitative estimate of drug-likeness (QED) is 0.900. The van der Waals surface area contributed by atoms with E-state index in [9.17, 15) is 0 Å². The monoisotopic (exact) mass is 244 g/mol. The average molecular weight is 244 g/mol. The molecular weight excluding hydrogens is 228 g/mol. The molecule has 3 unspecified atom stereocenters. The van der Waals surface area contributed by atoms with Gasteiger partial charge in [0.1, 0.15) is 0 Å². The molecule has 2 N–H and O–H groups in total. The molecule has 17 heavy (non-hydrogen) atoms. The normalized spacial score (nSPS) is 24.6. The molecule has 2 aromatic rings. The molecule has 0 amide bonds. The Morgan fingerprint density at radius 2 is 2.12 bits per heavy atom. The van der Waals surface area contributed by atoms with E-state index in [2.05, 4.69) is 35.3 Å². The fourth-order valence-electron chi connectivity index (χ4n) is 2.52. The number of aryl methyl sites for hydroxylation is 1. The van der Waals surface area contributed by atoms with E-state index in [1.807, 2.05) is 12.4 Å². The minimum absolute atomic E-state index is 0.160. The van der Waals surface area contributed by atoms with Gasteiger partial charge in [-0.25, -0.2) is 4.98 Å². The Balaban J connectivity index is 1.75. The molecule has 1 aliphatic rings. The molecule has 1 saturated carbocycles. The molecule has 2 nitrogen and oxygen atoms in total. The number of thiazole rings is 1. The number of aromatic nitrogens is 1. The zero-order chi connectivity index (χ0) is 11.8. The number of hydrogen-bond acceptors (Lipinski definition) is 3. The van der Waals surface area contributed by atoms with E-state index in [0.717, 1.165) is 5.69 Å². The van der Waals surface area contributed by atoms with Crippen LogP contribution in [0.5, 0.6) is 0 Å². The van der Waals surface area contributed by atoms with Crippen LogP contribution in [0.4, 0.5) is 0 Å². The second-order valence-electron chi connectivity index (χ2n) is 4.74. The lowest BCUT2D eigenvalue weighted by atomic mass is 10.0. The molecule has 1 fully saturated rings. The maximum Gasteiger partial charge on any atom is 0.0798 e. The highest BCUT2D eigenvalue weighted by Gasteiger charge is 2.43. The summed E-state index contributed by atoms with van der Waals surface area (Å²) in [6.07, 6.45) is 1.21. The van der Waals surface area contributed by atoms with Crippen molar-refractivity contribution < 1.29 is 0 Å². The molecule has 0 saturated heterocycles. The van der Waals surface area contributed by atoms with E-state index in [1.165, 1.54) is 16.9 Å². The third kappa shape index (κ3) is 2.01. The lowest BCUT2D eigenvalue weighted by molar-refractivity contribution is 0.621. The van der Waals surface area contributed by atoms with Crippen LogP contribution >= 0.6 is 11.3 Å². The smallest absolute Gasteiger partial charge is 0.0798 e. The van der Waals surface area contributed by atoms with Gasteiger partial charge in [0.15, 0.2) is 0 Å². The third-order valence-electron chi connectivity index (χ3n) is 3.61. The highest BCUT2D eigenvalue weighted by atomic mass is 32.1. The lowest BCUT2D eigenvalue weighted by Crippen LogP contribution is -2.13. The molecular formula is C14H16N2S. The van der Waals surface area contributed by atoms with E-state index < -0.39 is 0 Å². The van der Waals surface area contributed by atoms with E-state index in [-0.39, 0.29) is 6.04 Å². The van der Waals surface area contributed by atoms with Gasteiger partial charge in [-0.3, -0.25) is 0 Å². The van der Waals surface area contributed by atoms with Gasteiger partial charge in [0.05, 0.1) is 11.2 Å². The molecule has 1 aromatic carbocycles. The van der Waals surface area contributed by atoms with E-state index in [0.29, 0.717) is 11.8 Å². The summed E-state index contributed by atoms with van der Waals surface area (Å²) in [5, 5.41) is 0. The molecule has 1 aliphatic carbocycles. The number of nitrogens with zero attached hydrogens (tertiary/aromatic N) is 1. The van der Waals surface area contributed by atoms with Crippen LogP contribution in [0.15, 0.2) is 35.8 Å². The predicted octanol–water partition coefficient (Wildman–Crippen LogP) is 3.26. The summed E-state index contributed by atoms with van der Waals surface area (Å²) in [5.41, 5.74) is 10.8. The number of rotatable bonds is 3. The van der Waals surface area contributed by atoms with Gasteiger partial charge in [0.25, 0.3) is 0 Å². The maximum absolute atomic E-state index is 6.34. The molecule has 3 heteroatoms. The zero-order valence-corrected chi connectivity index (χ0v) is 10.7. The maximum atomic E-state index is 6.34. The van der Waals surface area contributed by atoms with Crippen molar-refractivity contribution in [2.75, 3.05) is 0 Å². The van der Waals surface area contributed by atoms with Crippen LogP contribution < -0.4 is 5.73 Å². The zero-order valence-electron chi connectivity index (χ0n) is 9.84. The fourth-order valence-corrected chi connectivity index (χ4v) is 3.40. The van der Waals surface area contributed by atoms with E-state index in [1.54, 1.807) is 11.3 Å². The lowest BCUT2D eigenvalue weighted by Gasteiger charge is -2.10. The summed E-state index contributed by atoms with van der Waals surface area (Å²) in [6, 6.07) is 10.8. The summed E-state index contributed by atoms with van der Waals surface area (Å²) < 4.78 is 0. The first kappa shape index (κ1) is 10.9. The van der Waals surface area contributed by atoms with Crippen molar-refractivity contribution in [3.8, 4) is 0 Å². The standard InChI is InChI=1S/C14H16N2S/c1-9-14(17-8-16-9)13(15)12-7-11(12)10-5-3-2-4-6-10/h2-6,8,11-13H,7,15H2,1H3. The minimum Gasteiger partial charge on any atom is -0.323 e. The van der Waals surface area contributed by atoms with Gasteiger partial charge < -0.3 is 5.73 Å². The molecule has 3 atom stereocenters. The first-order chi connectivity index (χ1) is 8.27. The van der Waals surface area contributed by atoms with Gasteiger partial charge >= 0.3 is 0 Å². The number of nitrogens with two attached hydrogens (primary N) is 1. The van der Waals surface area contributed by atoms with Crippen LogP contribution in [-0.4, -0.2) is 4.98 Å². The van der Waals surface area contributed by atoms with Gasteiger partial charge in [-0.1, -0.05) is 30.3 Å². The Morgan fingerprint density at radius 3 is 2.76 bits per heavy atom. The Bertz CT molecular complexity index is 506. The Morgan fingerprint density at radius 1 is 1.35 bits per heavy atom. The van der Waals surface area contributed by atoms with Gasteiger partial charge in [-0.2, -0.15) is 0 Å². The molecule has 0 radical (unpaired) electrons. The first-order valence-corrected chi connectivity index (χ1v) is 6.86. The average Bonchev–Trinajstić information content (AvgIpc) is 3.05. The summed E-state index contributed by atoms with van der Waals surface area (Å²) in [4.78, 5) is 5.54. The SMILES string of the molecule is Cc1ncsc1C(N)C1CC1c1ccccc1. The van der Waals surface area contributed by atoms with Crippen LogP contribution in [0.25, 0.3) is 0 Å². The molecule has 1 aromatic heterocycles. The molecule has 1 heterocycles.